The minimum Gasteiger partial charge on any atom is -0.495 e. The summed E-state index contributed by atoms with van der Waals surface area (Å²) in [6, 6.07) is 16.7. The summed E-state index contributed by atoms with van der Waals surface area (Å²) in [5.74, 6) is 1.63. The van der Waals surface area contributed by atoms with Crippen molar-refractivity contribution in [1.29, 1.82) is 0 Å². The molecule has 3 aromatic carbocycles. The van der Waals surface area contributed by atoms with E-state index in [9.17, 15) is 4.79 Å². The van der Waals surface area contributed by atoms with Crippen LogP contribution in [-0.4, -0.2) is 24.9 Å². The van der Waals surface area contributed by atoms with Gasteiger partial charge in [0, 0.05) is 16.5 Å². The normalized spacial score (nSPS) is 17.6. The molecule has 1 fully saturated rings. The third-order valence-corrected chi connectivity index (χ3v) is 6.03. The zero-order chi connectivity index (χ0) is 17.2. The third kappa shape index (κ3) is 2.95. The highest BCUT2D eigenvalue weighted by Gasteiger charge is 2.25. The van der Waals surface area contributed by atoms with Crippen molar-refractivity contribution >= 4 is 39.3 Å². The van der Waals surface area contributed by atoms with Crippen molar-refractivity contribution < 1.29 is 14.3 Å². The lowest BCUT2D eigenvalue weighted by Crippen LogP contribution is -2.26. The van der Waals surface area contributed by atoms with Gasteiger partial charge >= 0.3 is 5.97 Å². The van der Waals surface area contributed by atoms with E-state index in [0.717, 1.165) is 35.1 Å². The second-order valence-corrected chi connectivity index (χ2v) is 7.40. The predicted molar refractivity (Wildman–Crippen MR) is 103 cm³/mol. The summed E-state index contributed by atoms with van der Waals surface area (Å²) < 4.78 is 10.9. The molecule has 4 rings (SSSR count). The average Bonchev–Trinajstić information content (AvgIpc) is 2.66. The van der Waals surface area contributed by atoms with Crippen LogP contribution in [-0.2, 0) is 15.3 Å². The minimum absolute atomic E-state index is 0.0617. The molecule has 1 saturated heterocycles. The first-order valence-corrected chi connectivity index (χ1v) is 9.59. The number of ether oxygens (including phenoxy) is 2. The fourth-order valence-corrected chi connectivity index (χ4v) is 4.76. The first kappa shape index (κ1) is 16.3. The SMILES string of the molecule is COc1c2ccccc2c(CSC2CCCOC2=O)c2ccccc12. The van der Waals surface area contributed by atoms with Crippen LogP contribution in [0.4, 0.5) is 0 Å². The molecule has 3 nitrogen and oxygen atoms in total. The topological polar surface area (TPSA) is 35.5 Å². The molecule has 4 heteroatoms. The number of fused-ring (bicyclic) bond motifs is 2. The fraction of sp³-hybridized carbons (Fsp3) is 0.286. The summed E-state index contributed by atoms with van der Waals surface area (Å²) >= 11 is 1.69. The molecule has 0 radical (unpaired) electrons. The standard InChI is InChI=1S/C21H20O3S/c1-23-20-16-9-4-2-7-14(16)18(15-8-3-5-10-17(15)20)13-25-19-11-6-12-24-21(19)22/h2-5,7-10,19H,6,11-13H2,1H3. The Kier molecular flexibility index (Phi) is 4.53. The highest BCUT2D eigenvalue weighted by atomic mass is 32.2. The van der Waals surface area contributed by atoms with Gasteiger partial charge in [-0.05, 0) is 29.2 Å². The number of cyclic esters (lactones) is 1. The molecule has 1 aliphatic rings. The fourth-order valence-electron chi connectivity index (χ4n) is 3.54. The van der Waals surface area contributed by atoms with E-state index in [-0.39, 0.29) is 11.2 Å². The summed E-state index contributed by atoms with van der Waals surface area (Å²) in [5.41, 5.74) is 1.26. The van der Waals surface area contributed by atoms with Gasteiger partial charge in [-0.2, -0.15) is 0 Å². The van der Waals surface area contributed by atoms with Gasteiger partial charge in [-0.25, -0.2) is 0 Å². The molecule has 0 N–H and O–H groups in total. The van der Waals surface area contributed by atoms with Crippen LogP contribution in [0.15, 0.2) is 48.5 Å². The lowest BCUT2D eigenvalue weighted by atomic mass is 9.96. The van der Waals surface area contributed by atoms with Crippen LogP contribution in [0, 0.1) is 0 Å². The largest absolute Gasteiger partial charge is 0.495 e. The predicted octanol–water partition coefficient (Wildman–Crippen LogP) is 4.94. The van der Waals surface area contributed by atoms with Crippen LogP contribution >= 0.6 is 11.8 Å². The van der Waals surface area contributed by atoms with Gasteiger partial charge in [-0.3, -0.25) is 4.79 Å². The van der Waals surface area contributed by atoms with Crippen molar-refractivity contribution in [2.45, 2.75) is 23.8 Å². The lowest BCUT2D eigenvalue weighted by Gasteiger charge is -2.21. The molecule has 1 heterocycles. The first-order valence-electron chi connectivity index (χ1n) is 8.54. The van der Waals surface area contributed by atoms with Gasteiger partial charge < -0.3 is 9.47 Å². The Labute approximate surface area is 151 Å². The molecular formula is C21H20O3S. The van der Waals surface area contributed by atoms with E-state index in [1.165, 1.54) is 16.3 Å². The van der Waals surface area contributed by atoms with Gasteiger partial charge in [-0.1, -0.05) is 48.5 Å². The van der Waals surface area contributed by atoms with E-state index in [1.54, 1.807) is 18.9 Å². The molecule has 3 aromatic rings. The van der Waals surface area contributed by atoms with Gasteiger partial charge in [0.25, 0.3) is 0 Å². The highest BCUT2D eigenvalue weighted by molar-refractivity contribution is 7.99. The number of thioether (sulfide) groups is 1. The van der Waals surface area contributed by atoms with Crippen molar-refractivity contribution in [3.05, 3.63) is 54.1 Å². The van der Waals surface area contributed by atoms with E-state index in [4.69, 9.17) is 9.47 Å². The molecule has 0 spiro atoms. The Morgan fingerprint density at radius 2 is 1.64 bits per heavy atom. The molecule has 0 saturated carbocycles. The average molecular weight is 352 g/mol. The number of hydrogen-bond acceptors (Lipinski definition) is 4. The Morgan fingerprint density at radius 1 is 1.04 bits per heavy atom. The number of carbonyl (C=O) groups excluding carboxylic acids is 1. The van der Waals surface area contributed by atoms with Crippen molar-refractivity contribution in [3.63, 3.8) is 0 Å². The molecule has 0 amide bonds. The number of esters is 1. The zero-order valence-corrected chi connectivity index (χ0v) is 15.0. The van der Waals surface area contributed by atoms with Crippen LogP contribution in [0.5, 0.6) is 5.75 Å². The summed E-state index contributed by atoms with van der Waals surface area (Å²) in [4.78, 5) is 12.0. The Bertz CT molecular complexity index is 878. The van der Waals surface area contributed by atoms with Gasteiger partial charge in [0.2, 0.25) is 0 Å². The molecule has 0 aliphatic carbocycles. The Morgan fingerprint density at radius 3 is 2.20 bits per heavy atom. The van der Waals surface area contributed by atoms with Crippen LogP contribution in [0.3, 0.4) is 0 Å². The van der Waals surface area contributed by atoms with Gasteiger partial charge in [0.1, 0.15) is 11.0 Å². The van der Waals surface area contributed by atoms with Gasteiger partial charge in [0.15, 0.2) is 0 Å². The van der Waals surface area contributed by atoms with Crippen molar-refractivity contribution in [3.8, 4) is 5.75 Å². The number of carbonyl (C=O) groups is 1. The number of benzene rings is 3. The van der Waals surface area contributed by atoms with E-state index in [2.05, 4.69) is 36.4 Å². The van der Waals surface area contributed by atoms with Crippen LogP contribution in [0.2, 0.25) is 0 Å². The Balaban J connectivity index is 1.82. The summed E-state index contributed by atoms with van der Waals surface area (Å²) in [6.45, 7) is 0.560. The first-order chi connectivity index (χ1) is 12.3. The van der Waals surface area contributed by atoms with Crippen molar-refractivity contribution in [2.75, 3.05) is 13.7 Å². The van der Waals surface area contributed by atoms with E-state index < -0.39 is 0 Å². The van der Waals surface area contributed by atoms with E-state index in [1.807, 2.05) is 12.1 Å². The molecule has 0 aromatic heterocycles. The lowest BCUT2D eigenvalue weighted by molar-refractivity contribution is -0.145. The third-order valence-electron chi connectivity index (χ3n) is 4.74. The van der Waals surface area contributed by atoms with E-state index in [0.29, 0.717) is 6.61 Å². The molecular weight excluding hydrogens is 332 g/mol. The smallest absolute Gasteiger partial charge is 0.319 e. The summed E-state index contributed by atoms with van der Waals surface area (Å²) in [7, 11) is 1.72. The second-order valence-electron chi connectivity index (χ2n) is 6.21. The van der Waals surface area contributed by atoms with Crippen LogP contribution in [0.1, 0.15) is 18.4 Å². The minimum atomic E-state index is -0.0710. The number of methoxy groups -OCH3 is 1. The molecule has 128 valence electrons. The molecule has 0 bridgehead atoms. The summed E-state index contributed by atoms with van der Waals surface area (Å²) in [5, 5.41) is 4.55. The number of hydrogen-bond donors (Lipinski definition) is 0. The maximum absolute atomic E-state index is 12.0. The zero-order valence-electron chi connectivity index (χ0n) is 14.2. The quantitative estimate of drug-likeness (QED) is 0.492. The molecule has 1 aliphatic heterocycles. The van der Waals surface area contributed by atoms with Crippen molar-refractivity contribution in [1.82, 2.24) is 0 Å². The molecule has 1 unspecified atom stereocenters. The molecule has 1 atom stereocenters. The second kappa shape index (κ2) is 6.96. The van der Waals surface area contributed by atoms with Gasteiger partial charge in [0.05, 0.1) is 13.7 Å². The van der Waals surface area contributed by atoms with Crippen LogP contribution < -0.4 is 4.74 Å². The van der Waals surface area contributed by atoms with E-state index >= 15 is 0 Å². The maximum atomic E-state index is 12.0. The summed E-state index contributed by atoms with van der Waals surface area (Å²) in [6.07, 6.45) is 1.85. The number of rotatable bonds is 4. The Hall–Kier alpha value is -2.20. The highest BCUT2D eigenvalue weighted by Crippen LogP contribution is 2.40. The monoisotopic (exact) mass is 352 g/mol. The van der Waals surface area contributed by atoms with Gasteiger partial charge in [-0.15, -0.1) is 11.8 Å². The maximum Gasteiger partial charge on any atom is 0.319 e. The van der Waals surface area contributed by atoms with Crippen molar-refractivity contribution in [2.24, 2.45) is 0 Å². The molecule has 25 heavy (non-hydrogen) atoms. The van der Waals surface area contributed by atoms with Crippen LogP contribution in [0.25, 0.3) is 21.5 Å².